The normalized spacial score (nSPS) is 19.0. The summed E-state index contributed by atoms with van der Waals surface area (Å²) in [6, 6.07) is 11.8. The summed E-state index contributed by atoms with van der Waals surface area (Å²) in [7, 11) is 1.59. The van der Waals surface area contributed by atoms with Crippen LogP contribution in [0.4, 0.5) is 17.1 Å². The molecule has 2 fully saturated rings. The van der Waals surface area contributed by atoms with E-state index in [1.165, 1.54) is 23.9 Å². The van der Waals surface area contributed by atoms with Crippen molar-refractivity contribution in [1.82, 2.24) is 5.32 Å². The summed E-state index contributed by atoms with van der Waals surface area (Å²) >= 11 is 1.19. The topological polar surface area (TPSA) is 106 Å². The van der Waals surface area contributed by atoms with E-state index in [1.54, 1.807) is 43.5 Å². The van der Waals surface area contributed by atoms with Gasteiger partial charge in [-0.15, -0.1) is 0 Å². The molecule has 160 valence electrons. The minimum Gasteiger partial charge on any atom is -0.497 e. The van der Waals surface area contributed by atoms with Crippen LogP contribution in [-0.2, 0) is 9.53 Å². The number of hydrogen-bond acceptors (Lipinski definition) is 8. The second-order valence-corrected chi connectivity index (χ2v) is 7.81. The van der Waals surface area contributed by atoms with Crippen LogP contribution in [0, 0.1) is 10.1 Å². The first kappa shape index (κ1) is 20.9. The molecule has 9 nitrogen and oxygen atoms in total. The van der Waals surface area contributed by atoms with E-state index < -0.39 is 4.92 Å². The van der Waals surface area contributed by atoms with Crippen molar-refractivity contribution in [2.75, 3.05) is 38.3 Å². The monoisotopic (exact) mass is 440 g/mol. The van der Waals surface area contributed by atoms with Crippen molar-refractivity contribution in [3.05, 3.63) is 63.0 Å². The zero-order chi connectivity index (χ0) is 21.8. The van der Waals surface area contributed by atoms with Crippen molar-refractivity contribution in [2.45, 2.75) is 0 Å². The van der Waals surface area contributed by atoms with Gasteiger partial charge in [-0.05, 0) is 48.2 Å². The number of nitrogens with one attached hydrogen (secondary N) is 1. The number of benzene rings is 2. The molecule has 0 atom stereocenters. The molecular formula is C21H20N4O5S. The molecule has 0 radical (unpaired) electrons. The van der Waals surface area contributed by atoms with Gasteiger partial charge in [-0.25, -0.2) is 4.99 Å². The van der Waals surface area contributed by atoms with Crippen molar-refractivity contribution in [1.29, 1.82) is 0 Å². The Bertz CT molecular complexity index is 1060. The fourth-order valence-corrected chi connectivity index (χ4v) is 4.09. The first-order valence-corrected chi connectivity index (χ1v) is 10.4. The number of thioether (sulfide) groups is 1. The van der Waals surface area contributed by atoms with Crippen LogP contribution in [0.3, 0.4) is 0 Å². The Labute approximate surface area is 182 Å². The fourth-order valence-electron chi connectivity index (χ4n) is 3.26. The van der Waals surface area contributed by atoms with Crippen molar-refractivity contribution in [3.63, 3.8) is 0 Å². The van der Waals surface area contributed by atoms with Crippen LogP contribution < -0.4 is 15.0 Å². The third-order valence-electron chi connectivity index (χ3n) is 4.81. The number of morpholine rings is 1. The molecule has 1 N–H and O–H groups in total. The molecule has 0 spiro atoms. The number of nitro benzene ring substituents is 1. The molecule has 0 unspecified atom stereocenters. The third-order valence-corrected chi connectivity index (χ3v) is 5.72. The summed E-state index contributed by atoms with van der Waals surface area (Å²) in [6.45, 7) is 2.52. The molecule has 4 rings (SSSR count). The molecule has 0 aliphatic carbocycles. The standard InChI is InChI=1S/C21H20N4O5S/c1-29-17-5-2-15(3-6-17)22-21-23-20(26)19(31-21)13-14-12-16(25(27)28)4-7-18(14)24-8-10-30-11-9-24/h2-7,12-13H,8-11H2,1H3,(H,22,23,26)/b19-13-. The second kappa shape index (κ2) is 9.19. The number of hydrogen-bond donors (Lipinski definition) is 1. The van der Waals surface area contributed by atoms with E-state index >= 15 is 0 Å². The maximum absolute atomic E-state index is 12.5. The molecule has 1 amide bonds. The zero-order valence-corrected chi connectivity index (χ0v) is 17.6. The minimum absolute atomic E-state index is 0.0283. The number of nitrogens with zero attached hydrogens (tertiary/aromatic N) is 3. The number of amides is 1. The highest BCUT2D eigenvalue weighted by Crippen LogP contribution is 2.33. The lowest BCUT2D eigenvalue weighted by Crippen LogP contribution is -2.36. The fraction of sp³-hybridized carbons (Fsp3) is 0.238. The predicted octanol–water partition coefficient (Wildman–Crippen LogP) is 3.33. The van der Waals surface area contributed by atoms with Crippen LogP contribution >= 0.6 is 11.8 Å². The van der Waals surface area contributed by atoms with Gasteiger partial charge in [0, 0.05) is 36.5 Å². The smallest absolute Gasteiger partial charge is 0.270 e. The van der Waals surface area contributed by atoms with Gasteiger partial charge in [0.25, 0.3) is 11.6 Å². The first-order valence-electron chi connectivity index (χ1n) is 9.58. The highest BCUT2D eigenvalue weighted by molar-refractivity contribution is 8.18. The highest BCUT2D eigenvalue weighted by atomic mass is 32.2. The summed E-state index contributed by atoms with van der Waals surface area (Å²) in [5, 5.41) is 14.5. The van der Waals surface area contributed by atoms with Crippen LogP contribution in [0.15, 0.2) is 52.4 Å². The van der Waals surface area contributed by atoms with E-state index in [9.17, 15) is 14.9 Å². The third kappa shape index (κ3) is 4.86. The van der Waals surface area contributed by atoms with Gasteiger partial charge < -0.3 is 19.7 Å². The largest absolute Gasteiger partial charge is 0.497 e. The van der Waals surface area contributed by atoms with Crippen LogP contribution in [0.2, 0.25) is 0 Å². The van der Waals surface area contributed by atoms with Gasteiger partial charge >= 0.3 is 0 Å². The van der Waals surface area contributed by atoms with Crippen molar-refractivity contribution in [2.24, 2.45) is 4.99 Å². The average molecular weight is 440 g/mol. The molecule has 0 aromatic heterocycles. The van der Waals surface area contributed by atoms with Crippen molar-refractivity contribution in [3.8, 4) is 5.75 Å². The average Bonchev–Trinajstić information content (AvgIpc) is 3.13. The number of ether oxygens (including phenoxy) is 2. The summed E-state index contributed by atoms with van der Waals surface area (Å²) in [5.41, 5.74) is 2.09. The number of non-ortho nitro benzene ring substituents is 1. The molecule has 2 heterocycles. The lowest BCUT2D eigenvalue weighted by molar-refractivity contribution is -0.384. The molecule has 2 aliphatic heterocycles. The van der Waals surface area contributed by atoms with Crippen LogP contribution in [0.1, 0.15) is 5.56 Å². The Morgan fingerprint density at radius 1 is 1.23 bits per heavy atom. The summed E-state index contributed by atoms with van der Waals surface area (Å²) in [6.07, 6.45) is 1.67. The molecule has 0 bridgehead atoms. The number of carbonyl (C=O) groups is 1. The Balaban J connectivity index is 1.63. The van der Waals surface area contributed by atoms with Gasteiger partial charge in [0.15, 0.2) is 5.17 Å². The SMILES string of the molecule is COc1ccc(N=C2NC(=O)/C(=C/c3cc([N+](=O)[O-])ccc3N3CCOCC3)S2)cc1. The van der Waals surface area contributed by atoms with E-state index in [2.05, 4.69) is 15.2 Å². The van der Waals surface area contributed by atoms with Gasteiger partial charge in [-0.3, -0.25) is 14.9 Å². The molecule has 2 aromatic rings. The molecule has 0 saturated carbocycles. The van der Waals surface area contributed by atoms with Crippen LogP contribution in [0.25, 0.3) is 6.08 Å². The van der Waals surface area contributed by atoms with Crippen molar-refractivity contribution < 1.29 is 19.2 Å². The van der Waals surface area contributed by atoms with E-state index in [0.29, 0.717) is 53.4 Å². The quantitative estimate of drug-likeness (QED) is 0.432. The number of rotatable bonds is 5. The number of anilines is 1. The molecular weight excluding hydrogens is 420 g/mol. The van der Waals surface area contributed by atoms with Gasteiger partial charge in [0.2, 0.25) is 0 Å². The van der Waals surface area contributed by atoms with E-state index in [4.69, 9.17) is 9.47 Å². The number of methoxy groups -OCH3 is 1. The maximum atomic E-state index is 12.5. The Morgan fingerprint density at radius 2 is 1.97 bits per heavy atom. The number of nitro groups is 1. The highest BCUT2D eigenvalue weighted by Gasteiger charge is 2.25. The second-order valence-electron chi connectivity index (χ2n) is 6.78. The van der Waals surface area contributed by atoms with E-state index in [-0.39, 0.29) is 11.6 Å². The summed E-state index contributed by atoms with van der Waals surface area (Å²) in [4.78, 5) is 30.3. The Kier molecular flexibility index (Phi) is 6.19. The predicted molar refractivity (Wildman–Crippen MR) is 120 cm³/mol. The lowest BCUT2D eigenvalue weighted by Gasteiger charge is -2.30. The molecule has 2 aromatic carbocycles. The van der Waals surface area contributed by atoms with Gasteiger partial charge in [0.05, 0.1) is 35.8 Å². The number of carbonyl (C=O) groups excluding carboxylic acids is 1. The number of aliphatic imine (C=N–C) groups is 1. The van der Waals surface area contributed by atoms with Crippen LogP contribution in [0.5, 0.6) is 5.75 Å². The van der Waals surface area contributed by atoms with E-state index in [1.807, 2.05) is 0 Å². The Morgan fingerprint density at radius 3 is 2.65 bits per heavy atom. The lowest BCUT2D eigenvalue weighted by atomic mass is 10.1. The Hall–Kier alpha value is -3.37. The van der Waals surface area contributed by atoms with Crippen molar-refractivity contribution >= 4 is 46.0 Å². The molecule has 10 heteroatoms. The minimum atomic E-state index is -0.441. The van der Waals surface area contributed by atoms with E-state index in [0.717, 1.165) is 5.69 Å². The zero-order valence-electron chi connectivity index (χ0n) is 16.7. The van der Waals surface area contributed by atoms with Crippen LogP contribution in [-0.4, -0.2) is 49.4 Å². The van der Waals surface area contributed by atoms with Gasteiger partial charge in [0.1, 0.15) is 5.75 Å². The summed E-state index contributed by atoms with van der Waals surface area (Å²) in [5.74, 6) is 0.422. The summed E-state index contributed by atoms with van der Waals surface area (Å²) < 4.78 is 10.5. The molecule has 2 saturated heterocycles. The molecule has 31 heavy (non-hydrogen) atoms. The van der Waals surface area contributed by atoms with Gasteiger partial charge in [-0.2, -0.15) is 0 Å². The number of amidine groups is 1. The van der Waals surface area contributed by atoms with Gasteiger partial charge in [-0.1, -0.05) is 0 Å². The first-order chi connectivity index (χ1) is 15.0. The maximum Gasteiger partial charge on any atom is 0.270 e. The molecule has 2 aliphatic rings.